The molecule has 6 nitrogen and oxygen atoms in total. The van der Waals surface area contributed by atoms with E-state index in [1.807, 2.05) is 4.90 Å². The highest BCUT2D eigenvalue weighted by atomic mass is 16.5. The highest BCUT2D eigenvalue weighted by Gasteiger charge is 2.59. The van der Waals surface area contributed by atoms with E-state index in [4.69, 9.17) is 9.15 Å². The van der Waals surface area contributed by atoms with Gasteiger partial charge in [0.15, 0.2) is 11.6 Å². The first kappa shape index (κ1) is 16.6. The summed E-state index contributed by atoms with van der Waals surface area (Å²) in [5.74, 6) is 0.973. The predicted octanol–water partition coefficient (Wildman–Crippen LogP) is 3.14. The molecule has 0 N–H and O–H groups in total. The molecule has 1 amide bonds. The summed E-state index contributed by atoms with van der Waals surface area (Å²) in [5, 5.41) is 0. The molecule has 1 aliphatic heterocycles. The highest BCUT2D eigenvalue weighted by molar-refractivity contribution is 5.92. The molecular formula is C19H26N2O4. The van der Waals surface area contributed by atoms with Gasteiger partial charge >= 0.3 is 5.97 Å². The molecule has 136 valence electrons. The van der Waals surface area contributed by atoms with Crippen LogP contribution in [-0.4, -0.2) is 42.0 Å². The lowest BCUT2D eigenvalue weighted by Crippen LogP contribution is -2.40. The van der Waals surface area contributed by atoms with Crippen molar-refractivity contribution in [2.24, 2.45) is 11.3 Å². The van der Waals surface area contributed by atoms with Crippen molar-refractivity contribution in [3.8, 4) is 0 Å². The molecule has 2 aliphatic carbocycles. The number of ether oxygens (including phenoxy) is 1. The van der Waals surface area contributed by atoms with Gasteiger partial charge in [-0.25, -0.2) is 4.98 Å². The molecule has 0 bridgehead atoms. The second-order valence-electron chi connectivity index (χ2n) is 7.84. The summed E-state index contributed by atoms with van der Waals surface area (Å²) in [6.45, 7) is 1.36. The fraction of sp³-hybridized carbons (Fsp3) is 0.737. The number of oxazole rings is 1. The van der Waals surface area contributed by atoms with Gasteiger partial charge in [0.2, 0.25) is 0 Å². The Labute approximate surface area is 147 Å². The Morgan fingerprint density at radius 3 is 2.64 bits per heavy atom. The minimum absolute atomic E-state index is 0.0275. The first-order chi connectivity index (χ1) is 12.1. The standard InChI is InChI=1S/C19H26N2O4/c1-24-18(23)14-11-19(14)7-9-21(10-8-19)17(22)15-12-25-16(20-15)13-5-3-2-4-6-13/h12-14H,2-11H2,1H3/t14-/m0/s1. The lowest BCUT2D eigenvalue weighted by molar-refractivity contribution is -0.143. The lowest BCUT2D eigenvalue weighted by Gasteiger charge is -2.32. The Kier molecular flexibility index (Phi) is 4.29. The molecule has 1 atom stereocenters. The number of esters is 1. The van der Waals surface area contributed by atoms with Gasteiger partial charge in [-0.05, 0) is 37.5 Å². The van der Waals surface area contributed by atoms with Gasteiger partial charge in [0.25, 0.3) is 5.91 Å². The van der Waals surface area contributed by atoms with Gasteiger partial charge in [-0.3, -0.25) is 9.59 Å². The fourth-order valence-electron chi connectivity index (χ4n) is 4.62. The third kappa shape index (κ3) is 3.07. The molecule has 2 saturated carbocycles. The molecular weight excluding hydrogens is 320 g/mol. The van der Waals surface area contributed by atoms with E-state index in [2.05, 4.69) is 4.98 Å². The maximum absolute atomic E-state index is 12.7. The van der Waals surface area contributed by atoms with E-state index in [0.29, 0.717) is 24.7 Å². The maximum Gasteiger partial charge on any atom is 0.309 e. The van der Waals surface area contributed by atoms with Crippen molar-refractivity contribution in [3.63, 3.8) is 0 Å². The predicted molar refractivity (Wildman–Crippen MR) is 90.0 cm³/mol. The Balaban J connectivity index is 1.35. The number of aromatic nitrogens is 1. The zero-order valence-electron chi connectivity index (χ0n) is 14.8. The van der Waals surface area contributed by atoms with Crippen LogP contribution in [0.4, 0.5) is 0 Å². The molecule has 3 fully saturated rings. The number of carbonyl (C=O) groups excluding carboxylic acids is 2. The van der Waals surface area contributed by atoms with Crippen molar-refractivity contribution in [1.82, 2.24) is 9.88 Å². The van der Waals surface area contributed by atoms with Crippen LogP contribution >= 0.6 is 0 Å². The Hall–Kier alpha value is -1.85. The molecule has 25 heavy (non-hydrogen) atoms. The average Bonchev–Trinajstić information content (AvgIpc) is 3.14. The van der Waals surface area contributed by atoms with Gasteiger partial charge in [0.1, 0.15) is 6.26 Å². The molecule has 6 heteroatoms. The van der Waals surface area contributed by atoms with E-state index in [0.717, 1.165) is 38.0 Å². The van der Waals surface area contributed by atoms with Crippen LogP contribution in [-0.2, 0) is 9.53 Å². The normalized spacial score (nSPS) is 25.8. The molecule has 4 rings (SSSR count). The summed E-state index contributed by atoms with van der Waals surface area (Å²) in [5.41, 5.74) is 0.498. The van der Waals surface area contributed by atoms with Crippen molar-refractivity contribution >= 4 is 11.9 Å². The van der Waals surface area contributed by atoms with Gasteiger partial charge < -0.3 is 14.1 Å². The SMILES string of the molecule is COC(=O)[C@@H]1CC12CCN(C(=O)c1coc(C3CCCCC3)n1)CC2. The lowest BCUT2D eigenvalue weighted by atomic mass is 9.89. The van der Waals surface area contributed by atoms with Gasteiger partial charge in [-0.2, -0.15) is 0 Å². The zero-order chi connectivity index (χ0) is 17.4. The number of piperidine rings is 1. The van der Waals surface area contributed by atoms with Crippen molar-refractivity contribution < 1.29 is 18.7 Å². The van der Waals surface area contributed by atoms with E-state index in [1.54, 1.807) is 0 Å². The molecule has 1 spiro atoms. The number of hydrogen-bond acceptors (Lipinski definition) is 5. The van der Waals surface area contributed by atoms with Crippen molar-refractivity contribution in [2.75, 3.05) is 20.2 Å². The molecule has 0 aromatic carbocycles. The van der Waals surface area contributed by atoms with Gasteiger partial charge in [0, 0.05) is 19.0 Å². The van der Waals surface area contributed by atoms with Crippen molar-refractivity contribution in [1.29, 1.82) is 0 Å². The monoisotopic (exact) mass is 346 g/mol. The Morgan fingerprint density at radius 2 is 1.96 bits per heavy atom. The molecule has 1 saturated heterocycles. The molecule has 0 unspecified atom stereocenters. The number of nitrogens with zero attached hydrogens (tertiary/aromatic N) is 2. The van der Waals surface area contributed by atoms with Crippen LogP contribution in [0.2, 0.25) is 0 Å². The number of amides is 1. The summed E-state index contributed by atoms with van der Waals surface area (Å²) < 4.78 is 10.5. The second kappa shape index (κ2) is 6.46. The van der Waals surface area contributed by atoms with Gasteiger partial charge in [-0.15, -0.1) is 0 Å². The number of rotatable bonds is 3. The van der Waals surface area contributed by atoms with Gasteiger partial charge in [0.05, 0.1) is 13.0 Å². The van der Waals surface area contributed by atoms with Crippen LogP contribution in [0.1, 0.15) is 73.7 Å². The molecule has 0 radical (unpaired) electrons. The minimum atomic E-state index is -0.103. The van der Waals surface area contributed by atoms with Crippen LogP contribution in [0.15, 0.2) is 10.7 Å². The van der Waals surface area contributed by atoms with Crippen molar-refractivity contribution in [3.05, 3.63) is 17.8 Å². The quantitative estimate of drug-likeness (QED) is 0.786. The largest absolute Gasteiger partial charge is 0.469 e. The summed E-state index contributed by atoms with van der Waals surface area (Å²) >= 11 is 0. The van der Waals surface area contributed by atoms with Crippen LogP contribution in [0.5, 0.6) is 0 Å². The number of likely N-dealkylation sites (tertiary alicyclic amines) is 1. The van der Waals surface area contributed by atoms with Crippen molar-refractivity contribution in [2.45, 2.75) is 57.3 Å². The minimum Gasteiger partial charge on any atom is -0.469 e. The van der Waals surface area contributed by atoms with Crippen LogP contribution in [0, 0.1) is 11.3 Å². The maximum atomic E-state index is 12.7. The third-order valence-electron chi connectivity index (χ3n) is 6.42. The number of hydrogen-bond donors (Lipinski definition) is 0. The van der Waals surface area contributed by atoms with E-state index in [1.165, 1.54) is 32.6 Å². The smallest absolute Gasteiger partial charge is 0.309 e. The Bertz CT molecular complexity index is 654. The summed E-state index contributed by atoms with van der Waals surface area (Å²) in [6.07, 6.45) is 10.1. The zero-order valence-corrected chi connectivity index (χ0v) is 14.8. The molecule has 1 aromatic rings. The fourth-order valence-corrected chi connectivity index (χ4v) is 4.62. The second-order valence-corrected chi connectivity index (χ2v) is 7.84. The van der Waals surface area contributed by atoms with E-state index in [-0.39, 0.29) is 23.2 Å². The Morgan fingerprint density at radius 1 is 1.24 bits per heavy atom. The third-order valence-corrected chi connectivity index (χ3v) is 6.42. The molecule has 3 aliphatic rings. The summed E-state index contributed by atoms with van der Waals surface area (Å²) in [6, 6.07) is 0. The summed E-state index contributed by atoms with van der Waals surface area (Å²) in [4.78, 5) is 30.8. The molecule has 1 aromatic heterocycles. The average molecular weight is 346 g/mol. The van der Waals surface area contributed by atoms with Crippen LogP contribution < -0.4 is 0 Å². The van der Waals surface area contributed by atoms with E-state index < -0.39 is 0 Å². The van der Waals surface area contributed by atoms with E-state index >= 15 is 0 Å². The van der Waals surface area contributed by atoms with E-state index in [9.17, 15) is 9.59 Å². The highest BCUT2D eigenvalue weighted by Crippen LogP contribution is 2.59. The summed E-state index contributed by atoms with van der Waals surface area (Å²) in [7, 11) is 1.45. The number of methoxy groups -OCH3 is 1. The first-order valence-electron chi connectivity index (χ1n) is 9.45. The first-order valence-corrected chi connectivity index (χ1v) is 9.45. The van der Waals surface area contributed by atoms with Crippen LogP contribution in [0.25, 0.3) is 0 Å². The number of carbonyl (C=O) groups is 2. The van der Waals surface area contributed by atoms with Gasteiger partial charge in [-0.1, -0.05) is 19.3 Å². The molecule has 2 heterocycles. The topological polar surface area (TPSA) is 72.6 Å². The van der Waals surface area contributed by atoms with Crippen LogP contribution in [0.3, 0.4) is 0 Å².